The van der Waals surface area contributed by atoms with E-state index in [-0.39, 0.29) is 23.1 Å². The lowest BCUT2D eigenvalue weighted by Gasteiger charge is -2.54. The molecule has 0 aliphatic carbocycles. The van der Waals surface area contributed by atoms with Gasteiger partial charge in [0.05, 0.1) is 23.3 Å². The highest BCUT2D eigenvalue weighted by atomic mass is 32.2. The molecule has 0 N–H and O–H groups in total. The Morgan fingerprint density at radius 2 is 2.21 bits per heavy atom. The normalized spacial score (nSPS) is 41.6. The highest BCUT2D eigenvalue weighted by Crippen LogP contribution is 2.43. The minimum absolute atomic E-state index is 0.0160. The summed E-state index contributed by atoms with van der Waals surface area (Å²) >= 11 is 1.67. The second-order valence-corrected chi connectivity index (χ2v) is 5.15. The summed E-state index contributed by atoms with van der Waals surface area (Å²) in [5.74, 6) is -0.435. The van der Waals surface area contributed by atoms with Crippen LogP contribution in [0.2, 0.25) is 0 Å². The lowest BCUT2D eigenvalue weighted by atomic mass is 9.92. The van der Waals surface area contributed by atoms with E-state index in [2.05, 4.69) is 0 Å². The van der Waals surface area contributed by atoms with Gasteiger partial charge in [-0.05, 0) is 5.92 Å². The standard InChI is InChI=1S/C9H13NO3S/c1-4-3-14-8-5(2)7(11)10(8)6(4)9(12)13/h4-6,8H,3H2,1-2H3,(H,12,13)/p-1/t4?,5-,6-,8-/m1/s1. The second kappa shape index (κ2) is 3.15. The number of thioether (sulfide) groups is 1. The summed E-state index contributed by atoms with van der Waals surface area (Å²) in [6, 6.07) is -0.718. The molecule has 2 heterocycles. The average molecular weight is 214 g/mol. The van der Waals surface area contributed by atoms with Gasteiger partial charge in [-0.3, -0.25) is 4.79 Å². The third-order valence-corrected chi connectivity index (χ3v) is 4.65. The van der Waals surface area contributed by atoms with E-state index in [1.165, 1.54) is 4.90 Å². The van der Waals surface area contributed by atoms with Crippen molar-refractivity contribution in [2.45, 2.75) is 25.3 Å². The van der Waals surface area contributed by atoms with Gasteiger partial charge >= 0.3 is 0 Å². The quantitative estimate of drug-likeness (QED) is 0.541. The number of aliphatic carboxylic acids is 1. The maximum atomic E-state index is 11.5. The minimum Gasteiger partial charge on any atom is -0.548 e. The number of carbonyl (C=O) groups excluding carboxylic acids is 2. The molecule has 0 aromatic rings. The van der Waals surface area contributed by atoms with E-state index >= 15 is 0 Å². The molecule has 2 rings (SSSR count). The first-order chi connectivity index (χ1) is 6.54. The molecule has 2 aliphatic rings. The molecule has 0 bridgehead atoms. The van der Waals surface area contributed by atoms with E-state index in [0.29, 0.717) is 0 Å². The van der Waals surface area contributed by atoms with Crippen molar-refractivity contribution in [3.05, 3.63) is 0 Å². The number of rotatable bonds is 1. The Labute approximate surface area is 86.6 Å². The van der Waals surface area contributed by atoms with Crippen LogP contribution in [0.15, 0.2) is 0 Å². The summed E-state index contributed by atoms with van der Waals surface area (Å²) < 4.78 is 0. The minimum atomic E-state index is -1.12. The smallest absolute Gasteiger partial charge is 0.229 e. The number of carboxylic acid groups (broad SMARTS) is 1. The van der Waals surface area contributed by atoms with Gasteiger partial charge in [0, 0.05) is 5.75 Å². The third-order valence-electron chi connectivity index (χ3n) is 2.96. The molecule has 0 aromatic heterocycles. The summed E-state index contributed by atoms with van der Waals surface area (Å²) in [7, 11) is 0. The highest BCUT2D eigenvalue weighted by molar-refractivity contribution is 8.00. The van der Waals surface area contributed by atoms with Crippen molar-refractivity contribution in [1.82, 2.24) is 4.90 Å². The topological polar surface area (TPSA) is 60.4 Å². The van der Waals surface area contributed by atoms with Crippen LogP contribution >= 0.6 is 11.8 Å². The number of fused-ring (bicyclic) bond motifs is 1. The Morgan fingerprint density at radius 1 is 1.57 bits per heavy atom. The monoisotopic (exact) mass is 214 g/mol. The molecule has 0 spiro atoms. The van der Waals surface area contributed by atoms with Crippen molar-refractivity contribution in [3.8, 4) is 0 Å². The number of carboxylic acids is 1. The molecule has 2 fully saturated rings. The van der Waals surface area contributed by atoms with Gasteiger partial charge in [-0.1, -0.05) is 13.8 Å². The molecule has 1 amide bonds. The molecule has 0 saturated carbocycles. The number of amides is 1. The van der Waals surface area contributed by atoms with Gasteiger partial charge < -0.3 is 14.8 Å². The Hall–Kier alpha value is -0.710. The SMILES string of the molecule is CC1CS[C@@H]2[C@H](C)C(=O)N2[C@H]1C(=O)[O-]. The summed E-state index contributed by atoms with van der Waals surface area (Å²) in [5.41, 5.74) is 0. The van der Waals surface area contributed by atoms with E-state index in [4.69, 9.17) is 0 Å². The molecule has 1 unspecified atom stereocenters. The molecule has 2 aliphatic heterocycles. The van der Waals surface area contributed by atoms with Crippen molar-refractivity contribution in [2.75, 3.05) is 5.75 Å². The van der Waals surface area contributed by atoms with Crippen molar-refractivity contribution in [3.63, 3.8) is 0 Å². The fourth-order valence-corrected chi connectivity index (χ4v) is 3.61. The first kappa shape index (κ1) is 9.83. The van der Waals surface area contributed by atoms with Gasteiger partial charge in [-0.25, -0.2) is 0 Å². The first-order valence-electron chi connectivity index (χ1n) is 4.68. The largest absolute Gasteiger partial charge is 0.548 e. The zero-order chi connectivity index (χ0) is 10.5. The fraction of sp³-hybridized carbons (Fsp3) is 0.778. The third kappa shape index (κ3) is 1.15. The van der Waals surface area contributed by atoms with Crippen molar-refractivity contribution in [2.24, 2.45) is 11.8 Å². The molecule has 0 radical (unpaired) electrons. The predicted molar refractivity (Wildman–Crippen MR) is 50.2 cm³/mol. The van der Waals surface area contributed by atoms with Gasteiger partial charge in [0.1, 0.15) is 0 Å². The number of carbonyl (C=O) groups is 2. The Morgan fingerprint density at radius 3 is 2.79 bits per heavy atom. The van der Waals surface area contributed by atoms with E-state index in [1.54, 1.807) is 11.8 Å². The van der Waals surface area contributed by atoms with Gasteiger partial charge in [-0.15, -0.1) is 11.8 Å². The van der Waals surface area contributed by atoms with Gasteiger partial charge in [0.2, 0.25) is 5.91 Å². The van der Waals surface area contributed by atoms with E-state index < -0.39 is 12.0 Å². The van der Waals surface area contributed by atoms with E-state index in [1.807, 2.05) is 13.8 Å². The van der Waals surface area contributed by atoms with Crippen LogP contribution in [0.1, 0.15) is 13.8 Å². The van der Waals surface area contributed by atoms with E-state index in [0.717, 1.165) is 5.75 Å². The van der Waals surface area contributed by atoms with Crippen LogP contribution in [0.3, 0.4) is 0 Å². The van der Waals surface area contributed by atoms with Crippen molar-refractivity contribution < 1.29 is 14.7 Å². The van der Waals surface area contributed by atoms with Gasteiger partial charge in [0.15, 0.2) is 0 Å². The molecule has 0 aromatic carbocycles. The van der Waals surface area contributed by atoms with Crippen molar-refractivity contribution >= 4 is 23.6 Å². The molecule has 78 valence electrons. The van der Waals surface area contributed by atoms with Crippen LogP contribution in [0.4, 0.5) is 0 Å². The maximum Gasteiger partial charge on any atom is 0.229 e. The second-order valence-electron chi connectivity index (χ2n) is 4.00. The highest BCUT2D eigenvalue weighted by Gasteiger charge is 2.52. The van der Waals surface area contributed by atoms with Gasteiger partial charge in [0.25, 0.3) is 0 Å². The Balaban J connectivity index is 2.21. The van der Waals surface area contributed by atoms with Crippen LogP contribution in [-0.2, 0) is 9.59 Å². The molecule has 14 heavy (non-hydrogen) atoms. The summed E-state index contributed by atoms with van der Waals surface area (Å²) in [5, 5.41) is 10.9. The number of β-lactam (4-membered cyclic amide) rings is 1. The molecular weight excluding hydrogens is 202 g/mol. The molecule has 5 heteroatoms. The van der Waals surface area contributed by atoms with Crippen LogP contribution in [0.5, 0.6) is 0 Å². The summed E-state index contributed by atoms with van der Waals surface area (Å²) in [6.45, 7) is 3.69. The summed E-state index contributed by atoms with van der Waals surface area (Å²) in [6.07, 6.45) is 0. The van der Waals surface area contributed by atoms with Crippen LogP contribution in [-0.4, -0.2) is 33.9 Å². The molecule has 4 atom stereocenters. The number of hydrogen-bond donors (Lipinski definition) is 0. The zero-order valence-electron chi connectivity index (χ0n) is 8.10. The number of hydrogen-bond acceptors (Lipinski definition) is 4. The molecular formula is C9H12NO3S-. The lowest BCUT2D eigenvalue weighted by Crippen LogP contribution is -2.69. The Bertz CT molecular complexity index is 294. The van der Waals surface area contributed by atoms with Crippen LogP contribution in [0.25, 0.3) is 0 Å². The van der Waals surface area contributed by atoms with Crippen molar-refractivity contribution in [1.29, 1.82) is 0 Å². The van der Waals surface area contributed by atoms with Gasteiger partial charge in [-0.2, -0.15) is 0 Å². The van der Waals surface area contributed by atoms with E-state index in [9.17, 15) is 14.7 Å². The maximum absolute atomic E-state index is 11.5. The zero-order valence-corrected chi connectivity index (χ0v) is 8.91. The van der Waals surface area contributed by atoms with Crippen LogP contribution in [0, 0.1) is 11.8 Å². The predicted octanol–water partition coefficient (Wildman–Crippen LogP) is -0.708. The molecule has 2 saturated heterocycles. The fourth-order valence-electron chi connectivity index (χ4n) is 2.12. The van der Waals surface area contributed by atoms with Crippen LogP contribution < -0.4 is 5.11 Å². The molecule has 4 nitrogen and oxygen atoms in total. The lowest BCUT2D eigenvalue weighted by molar-refractivity contribution is -0.314. The first-order valence-corrected chi connectivity index (χ1v) is 5.73. The Kier molecular flexibility index (Phi) is 2.21. The average Bonchev–Trinajstić information content (AvgIpc) is 2.15. The summed E-state index contributed by atoms with van der Waals surface area (Å²) in [4.78, 5) is 23.8. The number of nitrogens with zero attached hydrogens (tertiary/aromatic N) is 1.